The van der Waals surface area contributed by atoms with Crippen molar-refractivity contribution in [1.82, 2.24) is 0 Å². The van der Waals surface area contributed by atoms with E-state index in [1.54, 1.807) is 17.4 Å². The lowest BCUT2D eigenvalue weighted by Crippen LogP contribution is -2.41. The SMILES string of the molecule is CC1(C)OB(c2c(F)ccc3sccc23)OC1(C)C. The predicted molar refractivity (Wildman–Crippen MR) is 77.5 cm³/mol. The van der Waals surface area contributed by atoms with Gasteiger partial charge in [-0.15, -0.1) is 11.3 Å². The second kappa shape index (κ2) is 4.04. The molecular weight excluding hydrogens is 262 g/mol. The Morgan fingerprint density at radius 2 is 1.68 bits per heavy atom. The number of hydrogen-bond donors (Lipinski definition) is 0. The van der Waals surface area contributed by atoms with Gasteiger partial charge in [-0.25, -0.2) is 4.39 Å². The molecule has 1 aromatic carbocycles. The van der Waals surface area contributed by atoms with Crippen molar-refractivity contribution in [3.8, 4) is 0 Å². The zero-order chi connectivity index (χ0) is 13.8. The summed E-state index contributed by atoms with van der Waals surface area (Å²) >= 11 is 1.59. The summed E-state index contributed by atoms with van der Waals surface area (Å²) < 4.78 is 27.1. The Bertz CT molecular complexity index is 619. The number of fused-ring (bicyclic) bond motifs is 1. The minimum atomic E-state index is -0.650. The zero-order valence-corrected chi connectivity index (χ0v) is 12.3. The highest BCUT2D eigenvalue weighted by atomic mass is 32.1. The van der Waals surface area contributed by atoms with Gasteiger partial charge in [-0.3, -0.25) is 0 Å². The van der Waals surface area contributed by atoms with E-state index in [1.165, 1.54) is 6.07 Å². The largest absolute Gasteiger partial charge is 0.498 e. The Morgan fingerprint density at radius 1 is 1.05 bits per heavy atom. The van der Waals surface area contributed by atoms with Crippen LogP contribution in [0.25, 0.3) is 10.1 Å². The summed E-state index contributed by atoms with van der Waals surface area (Å²) in [5.74, 6) is -0.274. The Balaban J connectivity index is 2.12. The Hall–Kier alpha value is -0.905. The number of benzene rings is 1. The first kappa shape index (κ1) is 13.1. The number of hydrogen-bond acceptors (Lipinski definition) is 3. The van der Waals surface area contributed by atoms with Gasteiger partial charge in [0.15, 0.2) is 0 Å². The first-order valence-corrected chi connectivity index (χ1v) is 7.21. The molecule has 0 bridgehead atoms. The van der Waals surface area contributed by atoms with Crippen LogP contribution in [0.3, 0.4) is 0 Å². The lowest BCUT2D eigenvalue weighted by molar-refractivity contribution is 0.00578. The maximum Gasteiger partial charge on any atom is 0.498 e. The van der Waals surface area contributed by atoms with Crippen molar-refractivity contribution in [1.29, 1.82) is 0 Å². The third kappa shape index (κ3) is 1.92. The molecule has 0 N–H and O–H groups in total. The molecule has 0 unspecified atom stereocenters. The van der Waals surface area contributed by atoms with E-state index >= 15 is 0 Å². The van der Waals surface area contributed by atoms with Crippen LogP contribution in [0.4, 0.5) is 4.39 Å². The highest BCUT2D eigenvalue weighted by Crippen LogP contribution is 2.37. The normalized spacial score (nSPS) is 21.2. The van der Waals surface area contributed by atoms with E-state index in [0.29, 0.717) is 5.46 Å². The highest BCUT2D eigenvalue weighted by molar-refractivity contribution is 7.17. The summed E-state index contributed by atoms with van der Waals surface area (Å²) in [6.07, 6.45) is 0. The van der Waals surface area contributed by atoms with Crippen LogP contribution < -0.4 is 5.46 Å². The Morgan fingerprint density at radius 3 is 2.32 bits per heavy atom. The van der Waals surface area contributed by atoms with Crippen LogP contribution in [0.1, 0.15) is 27.7 Å². The molecule has 0 atom stereocenters. The summed E-state index contributed by atoms with van der Waals surface area (Å²) in [6, 6.07) is 5.20. The molecule has 2 aromatic rings. The number of halogens is 1. The van der Waals surface area contributed by atoms with E-state index in [4.69, 9.17) is 9.31 Å². The van der Waals surface area contributed by atoms with Crippen molar-refractivity contribution >= 4 is 34.0 Å². The maximum absolute atomic E-state index is 14.2. The molecular formula is C14H16BFO2S. The van der Waals surface area contributed by atoms with Crippen LogP contribution in [-0.2, 0) is 9.31 Å². The molecule has 2 heterocycles. The van der Waals surface area contributed by atoms with Crippen LogP contribution in [0.2, 0.25) is 0 Å². The molecule has 1 aliphatic heterocycles. The topological polar surface area (TPSA) is 18.5 Å². The third-order valence-corrected chi connectivity index (χ3v) is 4.99. The molecule has 3 rings (SSSR count). The van der Waals surface area contributed by atoms with E-state index in [9.17, 15) is 4.39 Å². The van der Waals surface area contributed by atoms with Crippen molar-refractivity contribution in [3.05, 3.63) is 29.4 Å². The van der Waals surface area contributed by atoms with Gasteiger partial charge >= 0.3 is 7.12 Å². The molecule has 0 spiro atoms. The monoisotopic (exact) mass is 278 g/mol. The summed E-state index contributed by atoms with van der Waals surface area (Å²) in [5, 5.41) is 2.84. The number of thiophene rings is 1. The van der Waals surface area contributed by atoms with Crippen LogP contribution in [0, 0.1) is 5.82 Å². The summed E-state index contributed by atoms with van der Waals surface area (Å²) in [4.78, 5) is 0. The Labute approximate surface area is 116 Å². The number of rotatable bonds is 1. The lowest BCUT2D eigenvalue weighted by atomic mass is 9.76. The highest BCUT2D eigenvalue weighted by Gasteiger charge is 2.52. The van der Waals surface area contributed by atoms with E-state index in [1.807, 2.05) is 39.1 Å². The molecule has 1 saturated heterocycles. The zero-order valence-electron chi connectivity index (χ0n) is 11.5. The molecule has 0 aliphatic carbocycles. The molecule has 2 nitrogen and oxygen atoms in total. The van der Waals surface area contributed by atoms with E-state index in [0.717, 1.165) is 10.1 Å². The summed E-state index contributed by atoms with van der Waals surface area (Å²) in [7, 11) is -0.650. The Kier molecular flexibility index (Phi) is 2.79. The maximum atomic E-state index is 14.2. The average molecular weight is 278 g/mol. The lowest BCUT2D eigenvalue weighted by Gasteiger charge is -2.32. The van der Waals surface area contributed by atoms with E-state index in [-0.39, 0.29) is 5.82 Å². The van der Waals surface area contributed by atoms with Crippen molar-refractivity contribution in [2.45, 2.75) is 38.9 Å². The van der Waals surface area contributed by atoms with Gasteiger partial charge < -0.3 is 9.31 Å². The quantitative estimate of drug-likeness (QED) is 0.745. The average Bonchev–Trinajstić information content (AvgIpc) is 2.81. The standard InChI is InChI=1S/C14H16BFO2S/c1-13(2)14(3,4)18-15(17-13)12-9-7-8-19-11(9)6-5-10(12)16/h5-8H,1-4H3. The van der Waals surface area contributed by atoms with Crippen LogP contribution >= 0.6 is 11.3 Å². The van der Waals surface area contributed by atoms with Gasteiger partial charge in [0, 0.05) is 10.2 Å². The van der Waals surface area contributed by atoms with Crippen molar-refractivity contribution < 1.29 is 13.7 Å². The smallest absolute Gasteiger partial charge is 0.399 e. The van der Waals surface area contributed by atoms with Crippen LogP contribution in [-0.4, -0.2) is 18.3 Å². The van der Waals surface area contributed by atoms with E-state index < -0.39 is 18.3 Å². The summed E-state index contributed by atoms with van der Waals surface area (Å²) in [5.41, 5.74) is -0.401. The fourth-order valence-electron chi connectivity index (χ4n) is 2.24. The minimum Gasteiger partial charge on any atom is -0.399 e. The second-order valence-electron chi connectivity index (χ2n) is 5.88. The molecule has 1 aromatic heterocycles. The molecule has 0 saturated carbocycles. The fraction of sp³-hybridized carbons (Fsp3) is 0.429. The van der Waals surface area contributed by atoms with Gasteiger partial charge in [0.25, 0.3) is 0 Å². The molecule has 100 valence electrons. The van der Waals surface area contributed by atoms with E-state index in [2.05, 4.69) is 0 Å². The van der Waals surface area contributed by atoms with Crippen molar-refractivity contribution in [2.75, 3.05) is 0 Å². The first-order chi connectivity index (χ1) is 8.82. The summed E-state index contributed by atoms with van der Waals surface area (Å²) in [6.45, 7) is 7.88. The van der Waals surface area contributed by atoms with Crippen LogP contribution in [0.15, 0.2) is 23.6 Å². The molecule has 0 amide bonds. The van der Waals surface area contributed by atoms with Gasteiger partial charge in [0.05, 0.1) is 11.2 Å². The first-order valence-electron chi connectivity index (χ1n) is 6.33. The minimum absolute atomic E-state index is 0.274. The second-order valence-corrected chi connectivity index (χ2v) is 6.83. The van der Waals surface area contributed by atoms with Gasteiger partial charge in [0.1, 0.15) is 5.82 Å². The third-order valence-electron chi connectivity index (χ3n) is 4.11. The molecule has 19 heavy (non-hydrogen) atoms. The van der Waals surface area contributed by atoms with Crippen molar-refractivity contribution in [3.63, 3.8) is 0 Å². The predicted octanol–water partition coefficient (Wildman–Crippen LogP) is 3.34. The van der Waals surface area contributed by atoms with Gasteiger partial charge in [0.2, 0.25) is 0 Å². The molecule has 5 heteroatoms. The van der Waals surface area contributed by atoms with Crippen LogP contribution in [0.5, 0.6) is 0 Å². The van der Waals surface area contributed by atoms with Gasteiger partial charge in [-0.1, -0.05) is 0 Å². The molecule has 0 radical (unpaired) electrons. The van der Waals surface area contributed by atoms with Gasteiger partial charge in [-0.05, 0) is 56.7 Å². The van der Waals surface area contributed by atoms with Gasteiger partial charge in [-0.2, -0.15) is 0 Å². The molecule has 1 fully saturated rings. The fourth-order valence-corrected chi connectivity index (χ4v) is 3.04. The van der Waals surface area contributed by atoms with Crippen molar-refractivity contribution in [2.24, 2.45) is 0 Å². The molecule has 1 aliphatic rings.